The number of carbonyl (C=O) groups is 2. The van der Waals surface area contributed by atoms with Gasteiger partial charge >= 0.3 is 0 Å². The number of carbonyl (C=O) groups excluding carboxylic acids is 2. The van der Waals surface area contributed by atoms with Crippen LogP contribution in [0.15, 0.2) is 53.0 Å². The zero-order chi connectivity index (χ0) is 19.1. The van der Waals surface area contributed by atoms with Crippen LogP contribution in [0.25, 0.3) is 0 Å². The zero-order valence-corrected chi connectivity index (χ0v) is 16.9. The summed E-state index contributed by atoms with van der Waals surface area (Å²) in [5.74, 6) is 0.246. The van der Waals surface area contributed by atoms with Crippen LogP contribution in [0.1, 0.15) is 47.2 Å². The first-order valence-electron chi connectivity index (χ1n) is 9.35. The van der Waals surface area contributed by atoms with Crippen LogP contribution in [0.4, 0.5) is 0 Å². The van der Waals surface area contributed by atoms with E-state index < -0.39 is 0 Å². The Hall–Kier alpha value is -1.98. The minimum absolute atomic E-state index is 0.108. The maximum absolute atomic E-state index is 12.4. The highest BCUT2D eigenvalue weighted by atomic mass is 79.9. The van der Waals surface area contributed by atoms with Gasteiger partial charge < -0.3 is 9.64 Å². The molecule has 2 aromatic carbocycles. The number of ether oxygens (including phenoxy) is 1. The van der Waals surface area contributed by atoms with E-state index in [1.54, 1.807) is 0 Å². The van der Waals surface area contributed by atoms with E-state index >= 15 is 0 Å². The summed E-state index contributed by atoms with van der Waals surface area (Å²) in [4.78, 5) is 26.2. The van der Waals surface area contributed by atoms with Crippen LogP contribution >= 0.6 is 15.9 Å². The van der Waals surface area contributed by atoms with Gasteiger partial charge in [-0.25, -0.2) is 0 Å². The Morgan fingerprint density at radius 1 is 1.04 bits per heavy atom. The van der Waals surface area contributed by atoms with E-state index in [1.807, 2.05) is 53.4 Å². The highest BCUT2D eigenvalue weighted by molar-refractivity contribution is 9.10. The first kappa shape index (κ1) is 19.8. The molecule has 1 aliphatic rings. The van der Waals surface area contributed by atoms with E-state index in [9.17, 15) is 9.59 Å². The third-order valence-electron chi connectivity index (χ3n) is 4.74. The average molecular weight is 430 g/mol. The molecule has 142 valence electrons. The summed E-state index contributed by atoms with van der Waals surface area (Å²) in [6.45, 7) is 2.04. The molecular weight excluding hydrogens is 406 g/mol. The SMILES string of the molecule is O=C(CCCCCN1Cc2c(Br)cccc2C1=O)COCc1ccccc1. The number of benzene rings is 2. The summed E-state index contributed by atoms with van der Waals surface area (Å²) in [5, 5.41) is 0. The van der Waals surface area contributed by atoms with Crippen molar-refractivity contribution in [2.75, 3.05) is 13.2 Å². The van der Waals surface area contributed by atoms with Gasteiger partial charge in [0.15, 0.2) is 5.78 Å². The molecule has 0 N–H and O–H groups in total. The first-order chi connectivity index (χ1) is 13.1. The third-order valence-corrected chi connectivity index (χ3v) is 5.49. The predicted octanol–water partition coefficient (Wildman–Crippen LogP) is 4.75. The van der Waals surface area contributed by atoms with Gasteiger partial charge in [0.25, 0.3) is 5.91 Å². The normalized spacial score (nSPS) is 13.1. The lowest BCUT2D eigenvalue weighted by Crippen LogP contribution is -2.25. The molecule has 0 saturated heterocycles. The monoisotopic (exact) mass is 429 g/mol. The lowest BCUT2D eigenvalue weighted by atomic mass is 10.1. The molecule has 2 aromatic rings. The highest BCUT2D eigenvalue weighted by Crippen LogP contribution is 2.29. The van der Waals surface area contributed by atoms with E-state index in [2.05, 4.69) is 15.9 Å². The van der Waals surface area contributed by atoms with Gasteiger partial charge in [-0.1, -0.05) is 58.7 Å². The molecule has 1 amide bonds. The zero-order valence-electron chi connectivity index (χ0n) is 15.3. The van der Waals surface area contributed by atoms with Crippen molar-refractivity contribution < 1.29 is 14.3 Å². The van der Waals surface area contributed by atoms with E-state index in [1.165, 1.54) is 0 Å². The Balaban J connectivity index is 1.28. The van der Waals surface area contributed by atoms with Crippen molar-refractivity contribution in [2.45, 2.75) is 38.8 Å². The van der Waals surface area contributed by atoms with Crippen molar-refractivity contribution in [3.8, 4) is 0 Å². The highest BCUT2D eigenvalue weighted by Gasteiger charge is 2.27. The number of hydrogen-bond acceptors (Lipinski definition) is 3. The van der Waals surface area contributed by atoms with Crippen molar-refractivity contribution in [1.29, 1.82) is 0 Å². The molecule has 0 aliphatic carbocycles. The van der Waals surface area contributed by atoms with Gasteiger partial charge in [0, 0.05) is 29.5 Å². The molecule has 0 saturated carbocycles. The van der Waals surface area contributed by atoms with E-state index in [-0.39, 0.29) is 18.3 Å². The fraction of sp³-hybridized carbons (Fsp3) is 0.364. The molecule has 0 atom stereocenters. The molecule has 5 heteroatoms. The maximum Gasteiger partial charge on any atom is 0.254 e. The molecular formula is C22H24BrNO3. The van der Waals surface area contributed by atoms with Crippen LogP contribution in [-0.2, 0) is 22.7 Å². The minimum atomic E-state index is 0.108. The van der Waals surface area contributed by atoms with Gasteiger partial charge in [0.1, 0.15) is 6.61 Å². The van der Waals surface area contributed by atoms with Crippen molar-refractivity contribution in [2.24, 2.45) is 0 Å². The molecule has 0 spiro atoms. The molecule has 0 aromatic heterocycles. The van der Waals surface area contributed by atoms with Crippen molar-refractivity contribution in [1.82, 2.24) is 4.90 Å². The summed E-state index contributed by atoms with van der Waals surface area (Å²) >= 11 is 3.52. The van der Waals surface area contributed by atoms with Crippen LogP contribution in [0.5, 0.6) is 0 Å². The number of nitrogens with zero attached hydrogens (tertiary/aromatic N) is 1. The van der Waals surface area contributed by atoms with Crippen molar-refractivity contribution >= 4 is 27.6 Å². The molecule has 27 heavy (non-hydrogen) atoms. The summed E-state index contributed by atoms with van der Waals surface area (Å²) in [6, 6.07) is 15.6. The molecule has 1 heterocycles. The number of rotatable bonds is 10. The van der Waals surface area contributed by atoms with Crippen LogP contribution in [0, 0.1) is 0 Å². The second-order valence-electron chi connectivity index (χ2n) is 6.82. The molecule has 0 bridgehead atoms. The molecule has 4 nitrogen and oxygen atoms in total. The number of ketones is 1. The number of fused-ring (bicyclic) bond motifs is 1. The lowest BCUT2D eigenvalue weighted by molar-refractivity contribution is -0.124. The summed E-state index contributed by atoms with van der Waals surface area (Å²) in [6.07, 6.45) is 3.22. The largest absolute Gasteiger partial charge is 0.369 e. The molecule has 0 fully saturated rings. The van der Waals surface area contributed by atoms with E-state index in [0.29, 0.717) is 19.6 Å². The van der Waals surface area contributed by atoms with Crippen molar-refractivity contribution in [3.63, 3.8) is 0 Å². The lowest BCUT2D eigenvalue weighted by Gasteiger charge is -2.15. The fourth-order valence-corrected chi connectivity index (χ4v) is 3.76. The Kier molecular flexibility index (Phi) is 7.18. The Bertz CT molecular complexity index is 791. The molecule has 0 radical (unpaired) electrons. The van der Waals surface area contributed by atoms with Crippen LogP contribution in [0.3, 0.4) is 0 Å². The second kappa shape index (κ2) is 9.81. The number of hydrogen-bond donors (Lipinski definition) is 0. The molecule has 0 unspecified atom stereocenters. The standard InChI is InChI=1S/C22H24BrNO3/c23-21-12-7-11-19-20(21)14-24(22(19)26)13-6-2-5-10-18(25)16-27-15-17-8-3-1-4-9-17/h1,3-4,7-9,11-12H,2,5-6,10,13-16H2. The average Bonchev–Trinajstić information content (AvgIpc) is 3.00. The Labute approximate surface area is 168 Å². The van der Waals surface area contributed by atoms with Crippen molar-refractivity contribution in [3.05, 3.63) is 69.7 Å². The smallest absolute Gasteiger partial charge is 0.254 e. The van der Waals surface area contributed by atoms with Crippen LogP contribution in [-0.4, -0.2) is 29.7 Å². The molecule has 3 rings (SSSR count). The maximum atomic E-state index is 12.4. The Morgan fingerprint density at radius 3 is 2.63 bits per heavy atom. The second-order valence-corrected chi connectivity index (χ2v) is 7.67. The van der Waals surface area contributed by atoms with E-state index in [0.717, 1.165) is 47.0 Å². The summed E-state index contributed by atoms with van der Waals surface area (Å²) in [5.41, 5.74) is 2.96. The fourth-order valence-electron chi connectivity index (χ4n) is 3.26. The summed E-state index contributed by atoms with van der Waals surface area (Å²) in [7, 11) is 0. The van der Waals surface area contributed by atoms with Gasteiger partial charge in [-0.05, 0) is 36.1 Å². The van der Waals surface area contributed by atoms with Gasteiger partial charge in [0.05, 0.1) is 6.61 Å². The van der Waals surface area contributed by atoms with Gasteiger partial charge in [-0.3, -0.25) is 9.59 Å². The first-order valence-corrected chi connectivity index (χ1v) is 10.1. The van der Waals surface area contributed by atoms with Gasteiger partial charge in [-0.15, -0.1) is 0 Å². The predicted molar refractivity (Wildman–Crippen MR) is 108 cm³/mol. The third kappa shape index (κ3) is 5.50. The Morgan fingerprint density at radius 2 is 1.85 bits per heavy atom. The molecule has 1 aliphatic heterocycles. The van der Waals surface area contributed by atoms with Gasteiger partial charge in [-0.2, -0.15) is 0 Å². The van der Waals surface area contributed by atoms with Crippen LogP contribution < -0.4 is 0 Å². The quantitative estimate of drug-likeness (QED) is 0.511. The van der Waals surface area contributed by atoms with E-state index in [4.69, 9.17) is 4.74 Å². The van der Waals surface area contributed by atoms with Crippen LogP contribution in [0.2, 0.25) is 0 Å². The number of halogens is 1. The van der Waals surface area contributed by atoms with Gasteiger partial charge in [0.2, 0.25) is 0 Å². The minimum Gasteiger partial charge on any atom is -0.369 e. The number of unbranched alkanes of at least 4 members (excludes halogenated alkanes) is 2. The number of amides is 1. The summed E-state index contributed by atoms with van der Waals surface area (Å²) < 4.78 is 6.47. The topological polar surface area (TPSA) is 46.6 Å². The number of Topliss-reactive ketones (excluding diaryl/α,β-unsaturated/α-hetero) is 1.